The Morgan fingerprint density at radius 3 is 2.70 bits per heavy atom. The second-order valence-electron chi connectivity index (χ2n) is 5.63. The van der Waals surface area contributed by atoms with Gasteiger partial charge in [0.1, 0.15) is 0 Å². The van der Waals surface area contributed by atoms with Crippen molar-refractivity contribution in [2.45, 2.75) is 39.0 Å². The Hall–Kier alpha value is -1.65. The highest BCUT2D eigenvalue weighted by Crippen LogP contribution is 2.29. The van der Waals surface area contributed by atoms with Gasteiger partial charge in [0, 0.05) is 9.90 Å². The highest BCUT2D eigenvalue weighted by atomic mass is 35.5. The number of rotatable bonds is 4. The summed E-state index contributed by atoms with van der Waals surface area (Å²) in [6, 6.07) is 9.52. The van der Waals surface area contributed by atoms with Gasteiger partial charge in [-0.15, -0.1) is 11.3 Å². The van der Waals surface area contributed by atoms with Crippen molar-refractivity contribution in [3.63, 3.8) is 0 Å². The van der Waals surface area contributed by atoms with Crippen molar-refractivity contribution in [3.05, 3.63) is 56.2 Å². The Bertz CT molecular complexity index is 710. The van der Waals surface area contributed by atoms with Gasteiger partial charge in [-0.2, -0.15) is 5.10 Å². The van der Waals surface area contributed by atoms with E-state index >= 15 is 0 Å². The number of hydrogen-bond donors (Lipinski definition) is 1. The number of aryl methyl sites for hydroxylation is 2. The van der Waals surface area contributed by atoms with Gasteiger partial charge < -0.3 is 0 Å². The number of hydrogen-bond acceptors (Lipinski definition) is 3. The molecule has 1 aliphatic rings. The second-order valence-corrected chi connectivity index (χ2v) is 7.20. The average Bonchev–Trinajstić information content (AvgIpc) is 3.01. The molecule has 0 unspecified atom stereocenters. The predicted octanol–water partition coefficient (Wildman–Crippen LogP) is 4.82. The van der Waals surface area contributed by atoms with Crippen molar-refractivity contribution in [1.29, 1.82) is 0 Å². The average molecular weight is 347 g/mol. The fourth-order valence-corrected chi connectivity index (χ4v) is 4.04. The first kappa shape index (κ1) is 16.2. The number of halogens is 1. The molecular formula is C18H19ClN2OS. The van der Waals surface area contributed by atoms with Crippen molar-refractivity contribution in [3.8, 4) is 0 Å². The molecule has 1 aromatic heterocycles. The second kappa shape index (κ2) is 7.28. The van der Waals surface area contributed by atoms with Crippen LogP contribution in [0.3, 0.4) is 0 Å². The fraction of sp³-hybridized carbons (Fsp3) is 0.333. The number of benzene rings is 1. The van der Waals surface area contributed by atoms with Crippen LogP contribution in [-0.4, -0.2) is 11.6 Å². The van der Waals surface area contributed by atoms with Crippen LogP contribution in [0.2, 0.25) is 5.02 Å². The van der Waals surface area contributed by atoms with E-state index in [9.17, 15) is 4.79 Å². The van der Waals surface area contributed by atoms with Crippen molar-refractivity contribution in [2.75, 3.05) is 0 Å². The van der Waals surface area contributed by atoms with Crippen molar-refractivity contribution >= 4 is 34.6 Å². The molecule has 0 fully saturated rings. The Labute approximate surface area is 145 Å². The van der Waals surface area contributed by atoms with Gasteiger partial charge in [0.05, 0.1) is 10.6 Å². The van der Waals surface area contributed by atoms with Crippen LogP contribution < -0.4 is 5.43 Å². The van der Waals surface area contributed by atoms with E-state index in [1.807, 2.05) is 37.3 Å². The van der Waals surface area contributed by atoms with E-state index in [0.29, 0.717) is 5.02 Å². The summed E-state index contributed by atoms with van der Waals surface area (Å²) in [6.45, 7) is 2.02. The first-order valence-electron chi connectivity index (χ1n) is 7.92. The largest absolute Gasteiger partial charge is 0.281 e. The molecule has 3 rings (SSSR count). The van der Waals surface area contributed by atoms with Crippen molar-refractivity contribution in [2.24, 2.45) is 5.10 Å². The number of thiophene rings is 1. The minimum Gasteiger partial charge on any atom is -0.266 e. The van der Waals surface area contributed by atoms with Gasteiger partial charge in [-0.3, -0.25) is 4.79 Å². The van der Waals surface area contributed by atoms with Crippen LogP contribution in [0.5, 0.6) is 0 Å². The first-order valence-corrected chi connectivity index (χ1v) is 9.11. The molecule has 0 atom stereocenters. The van der Waals surface area contributed by atoms with Crippen molar-refractivity contribution < 1.29 is 4.79 Å². The predicted molar refractivity (Wildman–Crippen MR) is 96.7 cm³/mol. The van der Waals surface area contributed by atoms with Crippen molar-refractivity contribution in [1.82, 2.24) is 5.43 Å². The summed E-state index contributed by atoms with van der Waals surface area (Å²) in [7, 11) is 0. The standard InChI is InChI=1S/C18H19ClN2OS/c1-2-15(12-7-9-14(19)10-8-12)20-21-18(22)17-11-13-5-3-4-6-16(13)23-17/h7-11H,2-6H2,1H3,(H,21,22). The van der Waals surface area contributed by atoms with Gasteiger partial charge in [-0.1, -0.05) is 30.7 Å². The van der Waals surface area contributed by atoms with E-state index in [4.69, 9.17) is 11.6 Å². The summed E-state index contributed by atoms with van der Waals surface area (Å²) in [6.07, 6.45) is 5.38. The van der Waals surface area contributed by atoms with Crippen LogP contribution in [0.25, 0.3) is 0 Å². The van der Waals surface area contributed by atoms with Crippen LogP contribution in [0.1, 0.15) is 51.9 Å². The molecule has 1 aliphatic carbocycles. The Morgan fingerprint density at radius 2 is 2.00 bits per heavy atom. The summed E-state index contributed by atoms with van der Waals surface area (Å²) in [4.78, 5) is 14.5. The molecule has 5 heteroatoms. The zero-order valence-corrected chi connectivity index (χ0v) is 14.6. The van der Waals surface area contributed by atoms with E-state index in [2.05, 4.69) is 10.5 Å². The lowest BCUT2D eigenvalue weighted by molar-refractivity contribution is 0.0959. The minimum absolute atomic E-state index is 0.121. The lowest BCUT2D eigenvalue weighted by Crippen LogP contribution is -2.19. The topological polar surface area (TPSA) is 41.5 Å². The molecule has 2 aromatic rings. The zero-order valence-electron chi connectivity index (χ0n) is 13.1. The number of fused-ring (bicyclic) bond motifs is 1. The number of nitrogens with one attached hydrogen (secondary N) is 1. The number of carbonyl (C=O) groups excluding carboxylic acids is 1. The SMILES string of the molecule is CCC(=NNC(=O)c1cc2c(s1)CCCC2)c1ccc(Cl)cc1. The van der Waals surface area contributed by atoms with E-state index < -0.39 is 0 Å². The maximum atomic E-state index is 12.3. The summed E-state index contributed by atoms with van der Waals surface area (Å²) >= 11 is 7.51. The molecule has 3 nitrogen and oxygen atoms in total. The number of amides is 1. The van der Waals surface area contributed by atoms with E-state index in [1.54, 1.807) is 11.3 Å². The fourth-order valence-electron chi connectivity index (χ4n) is 2.77. The van der Waals surface area contributed by atoms with Crippen LogP contribution in [0.4, 0.5) is 0 Å². The highest BCUT2D eigenvalue weighted by molar-refractivity contribution is 7.14. The molecule has 0 saturated carbocycles. The van der Waals surface area contributed by atoms with Gasteiger partial charge in [0.15, 0.2) is 0 Å². The Kier molecular flexibility index (Phi) is 5.13. The lowest BCUT2D eigenvalue weighted by Gasteiger charge is -2.08. The van der Waals surface area contributed by atoms with Crippen LogP contribution in [0.15, 0.2) is 35.4 Å². The third-order valence-corrected chi connectivity index (χ3v) is 5.51. The summed E-state index contributed by atoms with van der Waals surface area (Å²) in [5.74, 6) is -0.121. The molecule has 0 bridgehead atoms. The smallest absolute Gasteiger partial charge is 0.266 e. The van der Waals surface area contributed by atoms with Gasteiger partial charge in [0.25, 0.3) is 5.91 Å². The highest BCUT2D eigenvalue weighted by Gasteiger charge is 2.17. The number of carbonyl (C=O) groups is 1. The molecule has 120 valence electrons. The van der Waals surface area contributed by atoms with Gasteiger partial charge in [-0.25, -0.2) is 5.43 Å². The zero-order chi connectivity index (χ0) is 16.2. The summed E-state index contributed by atoms with van der Waals surface area (Å²) in [5, 5.41) is 5.00. The van der Waals surface area contributed by atoms with Gasteiger partial charge in [-0.05, 0) is 61.4 Å². The van der Waals surface area contributed by atoms with E-state index in [-0.39, 0.29) is 5.91 Å². The van der Waals surface area contributed by atoms with Crippen LogP contribution >= 0.6 is 22.9 Å². The molecular weight excluding hydrogens is 328 g/mol. The maximum Gasteiger partial charge on any atom is 0.281 e. The molecule has 0 saturated heterocycles. The first-order chi connectivity index (χ1) is 11.2. The molecule has 1 amide bonds. The number of nitrogens with zero attached hydrogens (tertiary/aromatic N) is 1. The monoisotopic (exact) mass is 346 g/mol. The van der Waals surface area contributed by atoms with E-state index in [1.165, 1.54) is 23.3 Å². The lowest BCUT2D eigenvalue weighted by atomic mass is 9.99. The summed E-state index contributed by atoms with van der Waals surface area (Å²) in [5.41, 5.74) is 5.85. The van der Waals surface area contributed by atoms with Gasteiger partial charge in [0.2, 0.25) is 0 Å². The van der Waals surface area contributed by atoms with Crippen LogP contribution in [0, 0.1) is 0 Å². The molecule has 1 heterocycles. The molecule has 1 N–H and O–H groups in total. The molecule has 0 spiro atoms. The van der Waals surface area contributed by atoms with Crippen LogP contribution in [-0.2, 0) is 12.8 Å². The Morgan fingerprint density at radius 1 is 1.26 bits per heavy atom. The quantitative estimate of drug-likeness (QED) is 0.625. The Balaban J connectivity index is 1.73. The summed E-state index contributed by atoms with van der Waals surface area (Å²) < 4.78 is 0. The van der Waals surface area contributed by atoms with E-state index in [0.717, 1.165) is 35.4 Å². The molecule has 0 radical (unpaired) electrons. The minimum atomic E-state index is -0.121. The molecule has 23 heavy (non-hydrogen) atoms. The third kappa shape index (κ3) is 3.82. The van der Waals surface area contributed by atoms with Gasteiger partial charge >= 0.3 is 0 Å². The molecule has 1 aromatic carbocycles. The molecule has 0 aliphatic heterocycles. The number of hydrazone groups is 1. The third-order valence-electron chi connectivity index (χ3n) is 4.03. The normalized spacial score (nSPS) is 14.4. The maximum absolute atomic E-state index is 12.3.